The van der Waals surface area contributed by atoms with Crippen molar-refractivity contribution in [1.82, 2.24) is 4.90 Å². The number of nitrogens with zero attached hydrogens (tertiary/aromatic N) is 2. The minimum atomic E-state index is -0.747. The molecule has 0 bridgehead atoms. The molecule has 25 heavy (non-hydrogen) atoms. The lowest BCUT2D eigenvalue weighted by Crippen LogP contribution is -2.50. The topological polar surface area (TPSA) is 59.1 Å². The van der Waals surface area contributed by atoms with E-state index in [0.717, 1.165) is 0 Å². The second-order valence-corrected chi connectivity index (χ2v) is 5.69. The zero-order valence-electron chi connectivity index (χ0n) is 14.3. The van der Waals surface area contributed by atoms with Crippen molar-refractivity contribution in [1.29, 1.82) is 0 Å². The number of amides is 1. The molecule has 1 aliphatic rings. The van der Waals surface area contributed by atoms with Crippen molar-refractivity contribution in [2.45, 2.75) is 13.0 Å². The smallest absolute Gasteiger partial charge is 0.335 e. The predicted octanol–water partition coefficient (Wildman–Crippen LogP) is 1.61. The molecule has 1 heterocycles. The highest BCUT2D eigenvalue weighted by molar-refractivity contribution is 5.82. The highest BCUT2D eigenvalue weighted by Gasteiger charge is 2.24. The molecule has 0 N–H and O–H groups in total. The summed E-state index contributed by atoms with van der Waals surface area (Å²) in [5.41, 5.74) is 0.536. The molecule has 1 unspecified atom stereocenters. The van der Waals surface area contributed by atoms with Crippen molar-refractivity contribution < 1.29 is 23.5 Å². The fraction of sp³-hybridized carbons (Fsp3) is 0.444. The van der Waals surface area contributed by atoms with Crippen molar-refractivity contribution in [2.24, 2.45) is 0 Å². The van der Waals surface area contributed by atoms with Crippen LogP contribution >= 0.6 is 0 Å². The molecule has 0 aliphatic carbocycles. The number of halogens is 1. The van der Waals surface area contributed by atoms with Crippen molar-refractivity contribution >= 4 is 17.6 Å². The number of hydrogen-bond acceptors (Lipinski definition) is 5. The van der Waals surface area contributed by atoms with Crippen molar-refractivity contribution in [3.8, 4) is 0 Å². The van der Waals surface area contributed by atoms with Gasteiger partial charge in [0.05, 0.1) is 12.3 Å². The average Bonchev–Trinajstić information content (AvgIpc) is 2.64. The molecule has 1 amide bonds. The van der Waals surface area contributed by atoms with Crippen LogP contribution in [0.4, 0.5) is 10.1 Å². The van der Waals surface area contributed by atoms with E-state index < -0.39 is 12.1 Å². The highest BCUT2D eigenvalue weighted by Crippen LogP contribution is 2.20. The van der Waals surface area contributed by atoms with Crippen molar-refractivity contribution in [3.05, 3.63) is 42.7 Å². The lowest BCUT2D eigenvalue weighted by Gasteiger charge is -2.36. The molecule has 0 aromatic heterocycles. The minimum Gasteiger partial charge on any atom is -0.454 e. The third-order valence-corrected chi connectivity index (χ3v) is 3.96. The molecule has 1 fully saturated rings. The number of carbonyl (C=O) groups is 2. The first-order valence-electron chi connectivity index (χ1n) is 8.19. The molecular formula is C18H23FN2O4. The fourth-order valence-electron chi connectivity index (χ4n) is 2.53. The van der Waals surface area contributed by atoms with Gasteiger partial charge in [0, 0.05) is 26.2 Å². The maximum atomic E-state index is 13.8. The van der Waals surface area contributed by atoms with Crippen LogP contribution in [0.25, 0.3) is 0 Å². The van der Waals surface area contributed by atoms with Gasteiger partial charge in [0.25, 0.3) is 5.91 Å². The number of carbonyl (C=O) groups excluding carboxylic acids is 2. The normalized spacial score (nSPS) is 15.6. The van der Waals surface area contributed by atoms with Crippen LogP contribution in [0.3, 0.4) is 0 Å². The van der Waals surface area contributed by atoms with Crippen LogP contribution in [-0.4, -0.2) is 62.3 Å². The molecule has 6 nitrogen and oxygen atoms in total. The monoisotopic (exact) mass is 350 g/mol. The van der Waals surface area contributed by atoms with Crippen LogP contribution in [0.5, 0.6) is 0 Å². The van der Waals surface area contributed by atoms with Gasteiger partial charge in [-0.1, -0.05) is 18.2 Å². The number of anilines is 1. The van der Waals surface area contributed by atoms with Crippen LogP contribution in [0.2, 0.25) is 0 Å². The Bertz CT molecular complexity index is 615. The summed E-state index contributed by atoms with van der Waals surface area (Å²) in [5, 5.41) is 0. The van der Waals surface area contributed by atoms with Crippen LogP contribution in [-0.2, 0) is 19.1 Å². The summed E-state index contributed by atoms with van der Waals surface area (Å²) in [5.74, 6) is -1.12. The van der Waals surface area contributed by atoms with Gasteiger partial charge in [-0.3, -0.25) is 4.79 Å². The van der Waals surface area contributed by atoms with Crippen LogP contribution in [0.15, 0.2) is 36.9 Å². The number of benzene rings is 1. The van der Waals surface area contributed by atoms with Gasteiger partial charge < -0.3 is 19.3 Å². The van der Waals surface area contributed by atoms with Gasteiger partial charge >= 0.3 is 5.97 Å². The van der Waals surface area contributed by atoms with Crippen molar-refractivity contribution in [3.63, 3.8) is 0 Å². The van der Waals surface area contributed by atoms with Crippen LogP contribution in [0.1, 0.15) is 6.92 Å². The van der Waals surface area contributed by atoms with Gasteiger partial charge in [-0.05, 0) is 19.1 Å². The van der Waals surface area contributed by atoms with E-state index in [0.29, 0.717) is 31.9 Å². The molecule has 1 aromatic rings. The van der Waals surface area contributed by atoms with Gasteiger partial charge in [-0.2, -0.15) is 0 Å². The Hall–Kier alpha value is -2.41. The number of ether oxygens (including phenoxy) is 2. The first-order chi connectivity index (χ1) is 12.0. The molecule has 1 aliphatic heterocycles. The third-order valence-electron chi connectivity index (χ3n) is 3.96. The number of esters is 1. The number of piperazine rings is 1. The lowest BCUT2D eigenvalue weighted by atomic mass is 10.2. The second-order valence-electron chi connectivity index (χ2n) is 5.69. The van der Waals surface area contributed by atoms with Gasteiger partial charge in [-0.15, -0.1) is 6.58 Å². The van der Waals surface area contributed by atoms with Gasteiger partial charge in [0.2, 0.25) is 0 Å². The quantitative estimate of drug-likeness (QED) is 0.552. The molecule has 0 radical (unpaired) electrons. The molecule has 1 aromatic carbocycles. The van der Waals surface area contributed by atoms with Gasteiger partial charge in [0.15, 0.2) is 12.7 Å². The Morgan fingerprint density at radius 2 is 1.96 bits per heavy atom. The first-order valence-corrected chi connectivity index (χ1v) is 8.19. The number of para-hydroxylation sites is 1. The maximum absolute atomic E-state index is 13.8. The van der Waals surface area contributed by atoms with Gasteiger partial charge in [0.1, 0.15) is 5.82 Å². The second kappa shape index (κ2) is 9.17. The molecule has 1 saturated heterocycles. The predicted molar refractivity (Wildman–Crippen MR) is 91.8 cm³/mol. The van der Waals surface area contributed by atoms with Crippen LogP contribution in [0, 0.1) is 5.82 Å². The SMILES string of the molecule is C=CCOC(C)C(=O)OCC(=O)N1CCN(c2ccccc2F)CC1. The van der Waals surface area contributed by atoms with E-state index in [1.54, 1.807) is 30.0 Å². The van der Waals surface area contributed by atoms with E-state index in [2.05, 4.69) is 6.58 Å². The molecule has 1 atom stereocenters. The summed E-state index contributed by atoms with van der Waals surface area (Å²) in [4.78, 5) is 27.4. The van der Waals surface area contributed by atoms with Crippen LogP contribution < -0.4 is 4.90 Å². The molecule has 136 valence electrons. The Balaban J connectivity index is 1.77. The molecular weight excluding hydrogens is 327 g/mol. The van der Waals surface area contributed by atoms with E-state index in [1.807, 2.05) is 4.90 Å². The van der Waals surface area contributed by atoms with E-state index >= 15 is 0 Å². The summed E-state index contributed by atoms with van der Waals surface area (Å²) >= 11 is 0. The lowest BCUT2D eigenvalue weighted by molar-refractivity contribution is -0.160. The maximum Gasteiger partial charge on any atom is 0.335 e. The standard InChI is InChI=1S/C18H23FN2O4/c1-3-12-24-14(2)18(23)25-13-17(22)21-10-8-20(9-11-21)16-7-5-4-6-15(16)19/h3-7,14H,1,8-13H2,2H3. The third kappa shape index (κ3) is 5.29. The summed E-state index contributed by atoms with van der Waals surface area (Å²) in [6.07, 6.45) is 0.785. The Kier molecular flexibility index (Phi) is 6.94. The number of rotatable bonds is 7. The van der Waals surface area contributed by atoms with Crippen molar-refractivity contribution in [2.75, 3.05) is 44.3 Å². The Morgan fingerprint density at radius 1 is 1.28 bits per heavy atom. The zero-order chi connectivity index (χ0) is 18.2. The van der Waals surface area contributed by atoms with Gasteiger partial charge in [-0.25, -0.2) is 9.18 Å². The Labute approximate surface area is 146 Å². The largest absolute Gasteiger partial charge is 0.454 e. The summed E-state index contributed by atoms with van der Waals surface area (Å²) in [7, 11) is 0. The fourth-order valence-corrected chi connectivity index (χ4v) is 2.53. The molecule has 7 heteroatoms. The van der Waals surface area contributed by atoms with E-state index in [1.165, 1.54) is 12.1 Å². The summed E-state index contributed by atoms with van der Waals surface area (Å²) < 4.78 is 23.9. The number of hydrogen-bond donors (Lipinski definition) is 0. The summed E-state index contributed by atoms with van der Waals surface area (Å²) in [6.45, 7) is 6.93. The van der Waals surface area contributed by atoms with E-state index in [-0.39, 0.29) is 24.9 Å². The molecule has 2 rings (SSSR count). The first kappa shape index (κ1) is 18.9. The molecule has 0 spiro atoms. The average molecular weight is 350 g/mol. The zero-order valence-corrected chi connectivity index (χ0v) is 14.3. The molecule has 0 saturated carbocycles. The van der Waals surface area contributed by atoms with E-state index in [4.69, 9.17) is 9.47 Å². The van der Waals surface area contributed by atoms with E-state index in [9.17, 15) is 14.0 Å². The summed E-state index contributed by atoms with van der Waals surface area (Å²) in [6, 6.07) is 6.57. The highest BCUT2D eigenvalue weighted by atomic mass is 19.1. The minimum absolute atomic E-state index is 0.238. The Morgan fingerprint density at radius 3 is 2.60 bits per heavy atom.